The van der Waals surface area contributed by atoms with Gasteiger partial charge in [-0.2, -0.15) is 0 Å². The SMILES string of the molecule is O=CCCC=O.[Na].[Na]. The van der Waals surface area contributed by atoms with Gasteiger partial charge in [0.2, 0.25) is 0 Å². The van der Waals surface area contributed by atoms with E-state index in [0.717, 1.165) is 12.6 Å². The molecular formula is C4H6Na2O2. The fourth-order valence-electron chi connectivity index (χ4n) is 0.136. The van der Waals surface area contributed by atoms with Gasteiger partial charge in [0, 0.05) is 72.0 Å². The van der Waals surface area contributed by atoms with Gasteiger partial charge in [-0.1, -0.05) is 0 Å². The molecule has 2 radical (unpaired) electrons. The van der Waals surface area contributed by atoms with E-state index in [1.807, 2.05) is 0 Å². The third-order valence-electron chi connectivity index (χ3n) is 0.402. The first kappa shape index (κ1) is 16.2. The van der Waals surface area contributed by atoms with Crippen LogP contribution < -0.4 is 0 Å². The van der Waals surface area contributed by atoms with Crippen molar-refractivity contribution < 1.29 is 9.59 Å². The second-order valence-corrected chi connectivity index (χ2v) is 0.911. The molecule has 0 rings (SSSR count). The van der Waals surface area contributed by atoms with E-state index in [4.69, 9.17) is 0 Å². The molecule has 0 N–H and O–H groups in total. The summed E-state index contributed by atoms with van der Waals surface area (Å²) < 4.78 is 0. The van der Waals surface area contributed by atoms with E-state index in [2.05, 4.69) is 0 Å². The number of unbranched alkanes of at least 4 members (excludes halogenated alkanes) is 1. The van der Waals surface area contributed by atoms with Crippen LogP contribution in [0.15, 0.2) is 0 Å². The van der Waals surface area contributed by atoms with E-state index in [9.17, 15) is 9.59 Å². The average molecular weight is 132 g/mol. The Labute approximate surface area is 93.0 Å². The fourth-order valence-corrected chi connectivity index (χ4v) is 0.136. The van der Waals surface area contributed by atoms with Gasteiger partial charge in [0.15, 0.2) is 0 Å². The van der Waals surface area contributed by atoms with Gasteiger partial charge in [0.1, 0.15) is 12.6 Å². The maximum atomic E-state index is 9.40. The Balaban J connectivity index is -0.000000125. The molecule has 36 valence electrons. The minimum absolute atomic E-state index is 0. The summed E-state index contributed by atoms with van der Waals surface area (Å²) in [6, 6.07) is 0. The largest absolute Gasteiger partial charge is 0.303 e. The molecule has 0 spiro atoms. The summed E-state index contributed by atoms with van der Waals surface area (Å²) in [5, 5.41) is 0. The zero-order valence-electron chi connectivity index (χ0n) is 5.39. The first-order chi connectivity index (χ1) is 2.91. The number of hydrogen-bond donors (Lipinski definition) is 0. The Kier molecular flexibility index (Phi) is 31.8. The summed E-state index contributed by atoms with van der Waals surface area (Å²) in [5.41, 5.74) is 0. The molecule has 0 aromatic heterocycles. The summed E-state index contributed by atoms with van der Waals surface area (Å²) in [6.45, 7) is 0. The van der Waals surface area contributed by atoms with Gasteiger partial charge < -0.3 is 9.59 Å². The van der Waals surface area contributed by atoms with Gasteiger partial charge in [-0.25, -0.2) is 0 Å². The molecule has 0 fully saturated rings. The maximum Gasteiger partial charge on any atom is 0.120 e. The molecule has 4 heteroatoms. The van der Waals surface area contributed by atoms with Crippen molar-refractivity contribution in [2.24, 2.45) is 0 Å². The third kappa shape index (κ3) is 15.7. The fraction of sp³-hybridized carbons (Fsp3) is 0.500. The smallest absolute Gasteiger partial charge is 0.120 e. The van der Waals surface area contributed by atoms with Crippen molar-refractivity contribution in [1.82, 2.24) is 0 Å². The predicted octanol–water partition coefficient (Wildman–Crippen LogP) is -0.597. The van der Waals surface area contributed by atoms with Gasteiger partial charge in [0.05, 0.1) is 0 Å². The minimum atomic E-state index is 0. The normalized spacial score (nSPS) is 5.50. The molecule has 0 aromatic rings. The quantitative estimate of drug-likeness (QED) is 0.292. The van der Waals surface area contributed by atoms with Crippen LogP contribution in [0.4, 0.5) is 0 Å². The molecule has 0 unspecified atom stereocenters. The summed E-state index contributed by atoms with van der Waals surface area (Å²) in [5.74, 6) is 0. The molecule has 0 saturated heterocycles. The maximum absolute atomic E-state index is 9.40. The number of carbonyl (C=O) groups excluding carboxylic acids is 2. The molecule has 0 aliphatic carbocycles. The molecule has 2 nitrogen and oxygen atoms in total. The zero-order chi connectivity index (χ0) is 4.83. The number of hydrogen-bond acceptors (Lipinski definition) is 2. The standard InChI is InChI=1S/C4H6O2.2Na/c5-3-1-2-4-6;;/h3-4H,1-2H2;;. The van der Waals surface area contributed by atoms with Crippen LogP contribution in [-0.2, 0) is 9.59 Å². The molecule has 0 aromatic carbocycles. The van der Waals surface area contributed by atoms with Crippen molar-refractivity contribution >= 4 is 71.7 Å². The van der Waals surface area contributed by atoms with Gasteiger partial charge in [-0.15, -0.1) is 0 Å². The van der Waals surface area contributed by atoms with Crippen LogP contribution in [0.1, 0.15) is 12.8 Å². The molecule has 8 heavy (non-hydrogen) atoms. The second kappa shape index (κ2) is 15.8. The Bertz CT molecular complexity index is 48.0. The van der Waals surface area contributed by atoms with E-state index in [1.165, 1.54) is 0 Å². The number of aldehydes is 2. The zero-order valence-corrected chi connectivity index (χ0v) is 9.39. The van der Waals surface area contributed by atoms with E-state index >= 15 is 0 Å². The molecular weight excluding hydrogens is 126 g/mol. The van der Waals surface area contributed by atoms with Crippen LogP contribution in [0.25, 0.3) is 0 Å². The van der Waals surface area contributed by atoms with Crippen molar-refractivity contribution in [3.63, 3.8) is 0 Å². The van der Waals surface area contributed by atoms with Gasteiger partial charge in [0.25, 0.3) is 0 Å². The van der Waals surface area contributed by atoms with Crippen molar-refractivity contribution in [3.05, 3.63) is 0 Å². The topological polar surface area (TPSA) is 34.1 Å². The average Bonchev–Trinajstić information content (AvgIpc) is 1.61. The molecule has 0 aliphatic rings. The summed E-state index contributed by atoms with van der Waals surface area (Å²) in [7, 11) is 0. The van der Waals surface area contributed by atoms with E-state index in [-0.39, 0.29) is 59.1 Å². The van der Waals surface area contributed by atoms with Crippen molar-refractivity contribution in [2.75, 3.05) is 0 Å². The van der Waals surface area contributed by atoms with E-state index < -0.39 is 0 Å². The van der Waals surface area contributed by atoms with Gasteiger partial charge in [-0.3, -0.25) is 0 Å². The van der Waals surface area contributed by atoms with Crippen LogP contribution >= 0.6 is 0 Å². The van der Waals surface area contributed by atoms with Gasteiger partial charge >= 0.3 is 0 Å². The molecule has 0 saturated carbocycles. The Hall–Kier alpha value is 1.34. The second-order valence-electron chi connectivity index (χ2n) is 0.911. The molecule has 0 heterocycles. The first-order valence-electron chi connectivity index (χ1n) is 1.79. The van der Waals surface area contributed by atoms with E-state index in [0.29, 0.717) is 12.8 Å². The molecule has 0 aliphatic heterocycles. The summed E-state index contributed by atoms with van der Waals surface area (Å²) >= 11 is 0. The van der Waals surface area contributed by atoms with Crippen LogP contribution in [0, 0.1) is 0 Å². The molecule has 0 atom stereocenters. The monoisotopic (exact) mass is 132 g/mol. The van der Waals surface area contributed by atoms with Crippen LogP contribution in [0.5, 0.6) is 0 Å². The Morgan fingerprint density at radius 2 is 1.12 bits per heavy atom. The third-order valence-corrected chi connectivity index (χ3v) is 0.402. The summed E-state index contributed by atoms with van der Waals surface area (Å²) in [6.07, 6.45) is 2.19. The van der Waals surface area contributed by atoms with Crippen LogP contribution in [-0.4, -0.2) is 71.7 Å². The Morgan fingerprint density at radius 3 is 1.25 bits per heavy atom. The summed E-state index contributed by atoms with van der Waals surface area (Å²) in [4.78, 5) is 18.8. The van der Waals surface area contributed by atoms with Crippen LogP contribution in [0.3, 0.4) is 0 Å². The van der Waals surface area contributed by atoms with Gasteiger partial charge in [-0.05, 0) is 0 Å². The Morgan fingerprint density at radius 1 is 0.875 bits per heavy atom. The van der Waals surface area contributed by atoms with Crippen molar-refractivity contribution in [1.29, 1.82) is 0 Å². The van der Waals surface area contributed by atoms with Crippen molar-refractivity contribution in [2.45, 2.75) is 12.8 Å². The molecule has 0 bridgehead atoms. The van der Waals surface area contributed by atoms with Crippen LogP contribution in [0.2, 0.25) is 0 Å². The number of rotatable bonds is 3. The predicted molar refractivity (Wildman–Crippen MR) is 32.9 cm³/mol. The minimum Gasteiger partial charge on any atom is -0.303 e. The number of carbonyl (C=O) groups is 2. The first-order valence-corrected chi connectivity index (χ1v) is 1.79. The van der Waals surface area contributed by atoms with E-state index in [1.54, 1.807) is 0 Å². The van der Waals surface area contributed by atoms with Crippen molar-refractivity contribution in [3.8, 4) is 0 Å². The molecule has 0 amide bonds.